The molecule has 120 valence electrons. The number of nitrogens with one attached hydrogen (secondary N) is 1. The third-order valence-corrected chi connectivity index (χ3v) is 5.51. The Morgan fingerprint density at radius 3 is 2.81 bits per heavy atom. The Bertz CT molecular complexity index is 466. The number of aromatic nitrogens is 2. The van der Waals surface area contributed by atoms with Crippen LogP contribution in [0.25, 0.3) is 0 Å². The van der Waals surface area contributed by atoms with E-state index >= 15 is 0 Å². The molecule has 0 saturated carbocycles. The molecular weight excluding hydrogens is 330 g/mol. The molecule has 1 N–H and O–H groups in total. The average Bonchev–Trinajstić information content (AvgIpc) is 3.02. The fourth-order valence-electron chi connectivity index (χ4n) is 3.16. The van der Waals surface area contributed by atoms with Crippen molar-refractivity contribution >= 4 is 15.9 Å². The summed E-state index contributed by atoms with van der Waals surface area (Å²) in [5.41, 5.74) is 2.28. The highest BCUT2D eigenvalue weighted by molar-refractivity contribution is 9.10. The van der Waals surface area contributed by atoms with Crippen LogP contribution in [0.3, 0.4) is 0 Å². The summed E-state index contributed by atoms with van der Waals surface area (Å²) in [6, 6.07) is 0.331. The van der Waals surface area contributed by atoms with E-state index in [1.54, 1.807) is 0 Å². The molecule has 0 aromatic carbocycles. The van der Waals surface area contributed by atoms with Gasteiger partial charge >= 0.3 is 0 Å². The first-order chi connectivity index (χ1) is 10.0. The number of aryl methyl sites for hydroxylation is 2. The zero-order valence-electron chi connectivity index (χ0n) is 13.7. The van der Waals surface area contributed by atoms with Crippen LogP contribution in [-0.2, 0) is 17.7 Å². The van der Waals surface area contributed by atoms with Crippen molar-refractivity contribution in [2.24, 2.45) is 0 Å². The zero-order valence-corrected chi connectivity index (χ0v) is 15.3. The van der Waals surface area contributed by atoms with Crippen LogP contribution in [0.1, 0.15) is 51.4 Å². The van der Waals surface area contributed by atoms with Crippen LogP contribution < -0.4 is 5.32 Å². The Morgan fingerprint density at radius 2 is 2.24 bits per heavy atom. The van der Waals surface area contributed by atoms with Gasteiger partial charge in [-0.3, -0.25) is 4.68 Å². The number of halogens is 1. The van der Waals surface area contributed by atoms with E-state index < -0.39 is 0 Å². The Labute approximate surface area is 136 Å². The number of rotatable bonds is 7. The standard InChI is InChI=1S/C16H28BrN3O/c1-5-9-18-14(16(4)8-7-10-21-16)11-13-15(17)12(3)19-20(13)6-2/h14,18H,5-11H2,1-4H3. The molecule has 1 aliphatic rings. The van der Waals surface area contributed by atoms with E-state index in [1.807, 2.05) is 0 Å². The lowest BCUT2D eigenvalue weighted by molar-refractivity contribution is -0.0119. The first-order valence-corrected chi connectivity index (χ1v) is 8.90. The van der Waals surface area contributed by atoms with Crippen LogP contribution >= 0.6 is 15.9 Å². The minimum atomic E-state index is -0.0641. The molecule has 0 radical (unpaired) electrons. The summed E-state index contributed by atoms with van der Waals surface area (Å²) < 4.78 is 9.34. The van der Waals surface area contributed by atoms with Gasteiger partial charge in [-0.1, -0.05) is 6.92 Å². The zero-order chi connectivity index (χ0) is 15.5. The molecule has 4 nitrogen and oxygen atoms in total. The second-order valence-electron chi connectivity index (χ2n) is 6.14. The monoisotopic (exact) mass is 357 g/mol. The van der Waals surface area contributed by atoms with Crippen LogP contribution in [-0.4, -0.2) is 34.6 Å². The van der Waals surface area contributed by atoms with E-state index in [1.165, 1.54) is 5.69 Å². The van der Waals surface area contributed by atoms with Gasteiger partial charge in [0.15, 0.2) is 0 Å². The van der Waals surface area contributed by atoms with E-state index in [0.717, 1.165) is 55.5 Å². The summed E-state index contributed by atoms with van der Waals surface area (Å²) in [6.45, 7) is 11.5. The summed E-state index contributed by atoms with van der Waals surface area (Å²) in [4.78, 5) is 0. The van der Waals surface area contributed by atoms with Crippen molar-refractivity contribution in [3.63, 3.8) is 0 Å². The molecule has 1 aromatic rings. The molecule has 2 atom stereocenters. The van der Waals surface area contributed by atoms with Crippen LogP contribution in [0.2, 0.25) is 0 Å². The van der Waals surface area contributed by atoms with E-state index in [4.69, 9.17) is 4.74 Å². The quantitative estimate of drug-likeness (QED) is 0.811. The maximum absolute atomic E-state index is 6.08. The number of ether oxygens (including phenoxy) is 1. The Morgan fingerprint density at radius 1 is 1.48 bits per heavy atom. The minimum absolute atomic E-state index is 0.0641. The molecule has 1 saturated heterocycles. The van der Waals surface area contributed by atoms with Crippen molar-refractivity contribution < 1.29 is 4.74 Å². The van der Waals surface area contributed by atoms with Crippen molar-refractivity contribution in [3.05, 3.63) is 15.9 Å². The molecule has 21 heavy (non-hydrogen) atoms. The third kappa shape index (κ3) is 3.69. The van der Waals surface area contributed by atoms with Gasteiger partial charge in [-0.2, -0.15) is 5.10 Å². The molecule has 1 fully saturated rings. The van der Waals surface area contributed by atoms with Gasteiger partial charge in [-0.05, 0) is 62.5 Å². The third-order valence-electron chi connectivity index (χ3n) is 4.48. The summed E-state index contributed by atoms with van der Waals surface area (Å²) in [5.74, 6) is 0. The summed E-state index contributed by atoms with van der Waals surface area (Å²) in [7, 11) is 0. The predicted octanol–water partition coefficient (Wildman–Crippen LogP) is 3.45. The highest BCUT2D eigenvalue weighted by Gasteiger charge is 2.39. The minimum Gasteiger partial charge on any atom is -0.374 e. The predicted molar refractivity (Wildman–Crippen MR) is 89.7 cm³/mol. The number of hydrogen-bond donors (Lipinski definition) is 1. The largest absolute Gasteiger partial charge is 0.374 e. The summed E-state index contributed by atoms with van der Waals surface area (Å²) in [6.07, 6.45) is 4.38. The van der Waals surface area contributed by atoms with Crippen LogP contribution in [0.15, 0.2) is 4.47 Å². The molecule has 0 spiro atoms. The lowest BCUT2D eigenvalue weighted by Crippen LogP contribution is -2.50. The van der Waals surface area contributed by atoms with Crippen molar-refractivity contribution in [1.29, 1.82) is 0 Å². The molecule has 2 rings (SSSR count). The van der Waals surface area contributed by atoms with Gasteiger partial charge in [0.25, 0.3) is 0 Å². The first-order valence-electron chi connectivity index (χ1n) is 8.11. The molecule has 0 bridgehead atoms. The first kappa shape index (κ1) is 17.0. The Balaban J connectivity index is 2.22. The summed E-state index contributed by atoms with van der Waals surface area (Å²) in [5, 5.41) is 8.31. The van der Waals surface area contributed by atoms with Gasteiger partial charge < -0.3 is 10.1 Å². The smallest absolute Gasteiger partial charge is 0.0811 e. The fourth-order valence-corrected chi connectivity index (χ4v) is 3.60. The molecule has 2 unspecified atom stereocenters. The highest BCUT2D eigenvalue weighted by atomic mass is 79.9. The molecular formula is C16H28BrN3O. The molecule has 0 aliphatic carbocycles. The van der Waals surface area contributed by atoms with Gasteiger partial charge in [-0.25, -0.2) is 0 Å². The lowest BCUT2D eigenvalue weighted by atomic mass is 9.89. The number of hydrogen-bond acceptors (Lipinski definition) is 3. The van der Waals surface area contributed by atoms with Crippen LogP contribution in [0.4, 0.5) is 0 Å². The molecule has 1 aromatic heterocycles. The van der Waals surface area contributed by atoms with Gasteiger partial charge in [0.05, 0.1) is 21.5 Å². The molecule has 0 amide bonds. The average molecular weight is 358 g/mol. The Kier molecular flexibility index (Phi) is 5.86. The second kappa shape index (κ2) is 7.25. The topological polar surface area (TPSA) is 39.1 Å². The number of nitrogens with zero attached hydrogens (tertiary/aromatic N) is 2. The highest BCUT2D eigenvalue weighted by Crippen LogP contribution is 2.32. The summed E-state index contributed by atoms with van der Waals surface area (Å²) >= 11 is 3.71. The normalized spacial score (nSPS) is 23.7. The second-order valence-corrected chi connectivity index (χ2v) is 6.93. The van der Waals surface area contributed by atoms with Gasteiger partial charge in [0.1, 0.15) is 0 Å². The van der Waals surface area contributed by atoms with Crippen LogP contribution in [0.5, 0.6) is 0 Å². The maximum atomic E-state index is 6.08. The van der Waals surface area contributed by atoms with Gasteiger partial charge in [-0.15, -0.1) is 0 Å². The van der Waals surface area contributed by atoms with Crippen molar-refractivity contribution in [2.75, 3.05) is 13.2 Å². The molecule has 2 heterocycles. The van der Waals surface area contributed by atoms with Crippen molar-refractivity contribution in [1.82, 2.24) is 15.1 Å². The Hall–Kier alpha value is -0.390. The van der Waals surface area contributed by atoms with E-state index in [2.05, 4.69) is 58.7 Å². The SMILES string of the molecule is CCCNC(Cc1c(Br)c(C)nn1CC)C1(C)CCCO1. The van der Waals surface area contributed by atoms with E-state index in [0.29, 0.717) is 6.04 Å². The molecule has 1 aliphatic heterocycles. The molecule has 5 heteroatoms. The van der Waals surface area contributed by atoms with Crippen LogP contribution in [0, 0.1) is 6.92 Å². The fraction of sp³-hybridized carbons (Fsp3) is 0.812. The van der Waals surface area contributed by atoms with E-state index in [-0.39, 0.29) is 5.60 Å². The van der Waals surface area contributed by atoms with Gasteiger partial charge in [0, 0.05) is 25.6 Å². The van der Waals surface area contributed by atoms with Crippen molar-refractivity contribution in [3.8, 4) is 0 Å². The lowest BCUT2D eigenvalue weighted by Gasteiger charge is -2.34. The van der Waals surface area contributed by atoms with Crippen molar-refractivity contribution in [2.45, 2.75) is 71.6 Å². The van der Waals surface area contributed by atoms with E-state index in [9.17, 15) is 0 Å². The maximum Gasteiger partial charge on any atom is 0.0811 e. The van der Waals surface area contributed by atoms with Gasteiger partial charge in [0.2, 0.25) is 0 Å².